The Labute approximate surface area is 322 Å². The molecule has 49 heavy (non-hydrogen) atoms. The fourth-order valence-electron chi connectivity index (χ4n) is 5.31. The van der Waals surface area contributed by atoms with E-state index in [-0.39, 0.29) is 59.0 Å². The van der Waals surface area contributed by atoms with E-state index in [1.165, 1.54) is 25.0 Å². The Morgan fingerprint density at radius 2 is 0.816 bits per heavy atom. The first-order chi connectivity index (χ1) is 23.0. The van der Waals surface area contributed by atoms with E-state index in [0.29, 0.717) is 35.5 Å². The van der Waals surface area contributed by atoms with Gasteiger partial charge in [0.15, 0.2) is 0 Å². The van der Waals surface area contributed by atoms with Crippen LogP contribution in [0.2, 0.25) is 0 Å². The van der Waals surface area contributed by atoms with E-state index in [1.807, 2.05) is 12.1 Å². The van der Waals surface area contributed by atoms with Gasteiger partial charge < -0.3 is 18.6 Å². The minimum Gasteiger partial charge on any atom is -0.744 e. The minimum absolute atomic E-state index is 0. The molecule has 4 aromatic carbocycles. The molecule has 0 unspecified atom stereocenters. The molecule has 0 bridgehead atoms. The van der Waals surface area contributed by atoms with Crippen LogP contribution in [-0.4, -0.2) is 63.7 Å². The topological polar surface area (TPSA) is 133 Å². The van der Waals surface area contributed by atoms with Crippen molar-refractivity contribution in [2.45, 2.75) is 101 Å². The number of rotatable bonds is 18. The summed E-state index contributed by atoms with van der Waals surface area (Å²) in [7, 11) is -9.21. The van der Waals surface area contributed by atoms with Crippen molar-refractivity contribution in [3.63, 3.8) is 0 Å². The smallest absolute Gasteiger partial charge is 0.744 e. The molecule has 4 aromatic rings. The third kappa shape index (κ3) is 15.1. The maximum Gasteiger partial charge on any atom is 2.00 e. The van der Waals surface area contributed by atoms with Gasteiger partial charge in [0.05, 0.1) is 0 Å². The molecule has 0 aromatic heterocycles. The van der Waals surface area contributed by atoms with Crippen LogP contribution in [0.4, 0.5) is 0 Å². The molecule has 8 nitrogen and oxygen atoms in total. The molecule has 4 rings (SSSR count). The zero-order chi connectivity index (χ0) is 34.8. The van der Waals surface area contributed by atoms with E-state index in [2.05, 4.69) is 13.8 Å². The van der Waals surface area contributed by atoms with Crippen molar-refractivity contribution < 1.29 is 35.4 Å². The van der Waals surface area contributed by atoms with Gasteiger partial charge in [-0.05, 0) is 73.2 Å². The summed E-state index contributed by atoms with van der Waals surface area (Å²) >= 11 is 0. The van der Waals surface area contributed by atoms with Crippen molar-refractivity contribution in [1.82, 2.24) is 0 Å². The quantitative estimate of drug-likeness (QED) is 0.0561. The van der Waals surface area contributed by atoms with Gasteiger partial charge >= 0.3 is 37.7 Å². The fourth-order valence-corrected chi connectivity index (χ4v) is 7.01. The second kappa shape index (κ2) is 22.4. The summed E-state index contributed by atoms with van der Waals surface area (Å²) in [6.07, 6.45) is 11.8. The number of benzene rings is 4. The first-order valence-electron chi connectivity index (χ1n) is 16.7. The maximum absolute atomic E-state index is 11.8. The average Bonchev–Trinajstić information content (AvgIpc) is 3.05. The van der Waals surface area contributed by atoms with Crippen LogP contribution in [0.15, 0.2) is 107 Å². The largest absolute Gasteiger partial charge is 2.00 e. The molecule has 0 aliphatic rings. The van der Waals surface area contributed by atoms with Crippen molar-refractivity contribution >= 4 is 58.0 Å². The molecule has 0 N–H and O–H groups in total. The molecule has 0 heterocycles. The van der Waals surface area contributed by atoms with Crippen LogP contribution in [0.1, 0.15) is 89.2 Å². The average molecular weight is 735 g/mol. The van der Waals surface area contributed by atoms with E-state index in [4.69, 9.17) is 9.47 Å². The van der Waals surface area contributed by atoms with Gasteiger partial charge in [0.2, 0.25) is 0 Å². The molecule has 0 saturated heterocycles. The SMILES string of the molecule is CCCCCCCc1cccc(Oc2ccccc2)c1S(=O)(=O)[O-].CCCCCCCc1cccc(Oc2ccccc2)c1S(=O)(=O)[O-].[Ca+2]. The molecule has 0 spiro atoms. The molecular weight excluding hydrogens is 689 g/mol. The van der Waals surface area contributed by atoms with Gasteiger partial charge in [-0.3, -0.25) is 0 Å². The minimum atomic E-state index is -4.61. The van der Waals surface area contributed by atoms with Crippen LogP contribution < -0.4 is 9.47 Å². The second-order valence-electron chi connectivity index (χ2n) is 11.6. The third-order valence-corrected chi connectivity index (χ3v) is 9.59. The Hall–Kier alpha value is -2.44. The summed E-state index contributed by atoms with van der Waals surface area (Å²) in [5.41, 5.74) is 1.07. The van der Waals surface area contributed by atoms with Crippen LogP contribution in [-0.2, 0) is 33.1 Å². The normalized spacial score (nSPS) is 11.2. The number of ether oxygens (including phenoxy) is 2. The number of para-hydroxylation sites is 2. The van der Waals surface area contributed by atoms with Crippen LogP contribution in [0, 0.1) is 0 Å². The van der Waals surface area contributed by atoms with Gasteiger partial charge in [0.1, 0.15) is 53.0 Å². The van der Waals surface area contributed by atoms with Gasteiger partial charge in [-0.1, -0.05) is 126 Å². The summed E-state index contributed by atoms with van der Waals surface area (Å²) in [5, 5.41) is 0. The van der Waals surface area contributed by atoms with Crippen molar-refractivity contribution in [3.8, 4) is 23.0 Å². The Bertz CT molecular complexity index is 1620. The molecular formula is C38H46CaO8S2. The first-order valence-corrected chi connectivity index (χ1v) is 19.5. The van der Waals surface area contributed by atoms with Crippen molar-refractivity contribution in [2.75, 3.05) is 0 Å². The summed E-state index contributed by atoms with van der Waals surface area (Å²) in [4.78, 5) is -0.464. The second-order valence-corrected chi connectivity index (χ2v) is 14.2. The predicted molar refractivity (Wildman–Crippen MR) is 193 cm³/mol. The molecule has 0 fully saturated rings. The van der Waals surface area contributed by atoms with Crippen LogP contribution in [0.3, 0.4) is 0 Å². The van der Waals surface area contributed by atoms with E-state index >= 15 is 0 Å². The number of hydrogen-bond donors (Lipinski definition) is 0. The molecule has 0 radical (unpaired) electrons. The predicted octanol–water partition coefficient (Wildman–Crippen LogP) is 9.41. The van der Waals surface area contributed by atoms with Gasteiger partial charge in [0.25, 0.3) is 0 Å². The summed E-state index contributed by atoms with van der Waals surface area (Å²) < 4.78 is 81.9. The van der Waals surface area contributed by atoms with Gasteiger partial charge in [0, 0.05) is 0 Å². The van der Waals surface area contributed by atoms with E-state index < -0.39 is 20.2 Å². The number of aryl methyl sites for hydroxylation is 2. The zero-order valence-corrected chi connectivity index (χ0v) is 32.4. The molecule has 260 valence electrons. The molecule has 0 aliphatic carbocycles. The number of hydrogen-bond acceptors (Lipinski definition) is 8. The molecule has 11 heteroatoms. The van der Waals surface area contributed by atoms with E-state index in [0.717, 1.165) is 51.4 Å². The molecule has 0 amide bonds. The van der Waals surface area contributed by atoms with Gasteiger partial charge in [-0.25, -0.2) is 16.8 Å². The van der Waals surface area contributed by atoms with Gasteiger partial charge in [-0.2, -0.15) is 0 Å². The van der Waals surface area contributed by atoms with Gasteiger partial charge in [-0.15, -0.1) is 0 Å². The van der Waals surface area contributed by atoms with Crippen molar-refractivity contribution in [3.05, 3.63) is 108 Å². The van der Waals surface area contributed by atoms with Crippen molar-refractivity contribution in [1.29, 1.82) is 0 Å². The van der Waals surface area contributed by atoms with Crippen LogP contribution in [0.5, 0.6) is 23.0 Å². The zero-order valence-electron chi connectivity index (χ0n) is 28.5. The van der Waals surface area contributed by atoms with Crippen molar-refractivity contribution in [2.24, 2.45) is 0 Å². The molecule has 0 aliphatic heterocycles. The Kier molecular flexibility index (Phi) is 19.5. The number of unbranched alkanes of at least 4 members (excludes halogenated alkanes) is 8. The maximum atomic E-state index is 11.8. The third-order valence-electron chi connectivity index (χ3n) is 7.66. The first kappa shape index (κ1) is 42.7. The Morgan fingerprint density at radius 1 is 0.469 bits per heavy atom. The van der Waals surface area contributed by atoms with Crippen LogP contribution in [0.25, 0.3) is 0 Å². The molecule has 0 atom stereocenters. The fraction of sp³-hybridized carbons (Fsp3) is 0.368. The molecule has 0 saturated carbocycles. The van der Waals surface area contributed by atoms with E-state index in [1.54, 1.807) is 72.8 Å². The standard InChI is InChI=1S/2C19H24O4S.Ca/c2*1-2-3-4-5-7-11-16-12-10-15-18(19(16)24(20,21)22)23-17-13-8-6-9-14-17;/h2*6,8-10,12-15H,2-5,7,11H2,1H3,(H,20,21,22);/q;;+2/p-2. The Balaban J connectivity index is 0.000000333. The monoisotopic (exact) mass is 734 g/mol. The van der Waals surface area contributed by atoms with Crippen LogP contribution >= 0.6 is 0 Å². The summed E-state index contributed by atoms with van der Waals surface area (Å²) in [6.45, 7) is 4.29. The van der Waals surface area contributed by atoms with E-state index in [9.17, 15) is 25.9 Å². The summed E-state index contributed by atoms with van der Waals surface area (Å²) in [5.74, 6) is 1.20. The Morgan fingerprint density at radius 3 is 1.14 bits per heavy atom. The summed E-state index contributed by atoms with van der Waals surface area (Å²) in [6, 6.07) is 27.6.